The molecule has 0 aromatic rings. The number of rotatable bonds is 3. The maximum Gasteiger partial charge on any atom is 0.0862 e. The molecule has 0 heterocycles. The van der Waals surface area contributed by atoms with Gasteiger partial charge in [0.1, 0.15) is 0 Å². The molecule has 0 fully saturated rings. The normalized spacial score (nSPS) is 11.2. The highest BCUT2D eigenvalue weighted by Gasteiger charge is 1.97. The zero-order chi connectivity index (χ0) is 6.57. The van der Waals surface area contributed by atoms with E-state index in [4.69, 9.17) is 10.0 Å². The van der Waals surface area contributed by atoms with Gasteiger partial charge in [0.15, 0.2) is 0 Å². The molecular formula is C5H14NO2+. The Bertz CT molecular complexity index is 46.4. The van der Waals surface area contributed by atoms with Gasteiger partial charge < -0.3 is 5.21 Å². The monoisotopic (exact) mass is 120 g/mol. The summed E-state index contributed by atoms with van der Waals surface area (Å²) >= 11 is 0. The molecule has 0 bridgehead atoms. The van der Waals surface area contributed by atoms with Crippen molar-refractivity contribution in [2.75, 3.05) is 13.7 Å². The lowest BCUT2D eigenvalue weighted by Gasteiger charge is -2.05. The quantitative estimate of drug-likeness (QED) is 0.392. The lowest BCUT2D eigenvalue weighted by Crippen LogP contribution is -2.16. The van der Waals surface area contributed by atoms with E-state index in [9.17, 15) is 0 Å². The van der Waals surface area contributed by atoms with Crippen molar-refractivity contribution in [2.24, 2.45) is 5.92 Å². The van der Waals surface area contributed by atoms with Crippen molar-refractivity contribution in [3.05, 3.63) is 0 Å². The zero-order valence-corrected chi connectivity index (χ0v) is 5.64. The molecule has 8 heavy (non-hydrogen) atoms. The summed E-state index contributed by atoms with van der Waals surface area (Å²) < 4.78 is 0. The largest absolute Gasteiger partial charge is 0.316 e. The van der Waals surface area contributed by atoms with E-state index in [2.05, 4.69) is 0 Å². The van der Waals surface area contributed by atoms with Crippen molar-refractivity contribution < 1.29 is 10.0 Å². The van der Waals surface area contributed by atoms with E-state index >= 15 is 0 Å². The van der Waals surface area contributed by atoms with Gasteiger partial charge in [0.2, 0.25) is 0 Å². The Morgan fingerprint density at radius 2 is 2.12 bits per heavy atom. The molecule has 0 amide bonds. The zero-order valence-electron chi connectivity index (χ0n) is 5.64. The SMILES string of the molecule is CC(C)CON(C)[OH2+]. The van der Waals surface area contributed by atoms with E-state index in [1.165, 1.54) is 0 Å². The molecule has 0 spiro atoms. The van der Waals surface area contributed by atoms with Crippen molar-refractivity contribution in [1.29, 1.82) is 0 Å². The van der Waals surface area contributed by atoms with Crippen LogP contribution in [0.3, 0.4) is 0 Å². The highest BCUT2D eigenvalue weighted by molar-refractivity contribution is 4.35. The summed E-state index contributed by atoms with van der Waals surface area (Å²) in [6.45, 7) is 4.72. The van der Waals surface area contributed by atoms with Crippen LogP contribution in [0.2, 0.25) is 0 Å². The molecule has 0 aromatic carbocycles. The van der Waals surface area contributed by atoms with E-state index < -0.39 is 0 Å². The first-order chi connectivity index (χ1) is 3.63. The van der Waals surface area contributed by atoms with E-state index in [1.54, 1.807) is 7.05 Å². The van der Waals surface area contributed by atoms with Crippen molar-refractivity contribution in [3.8, 4) is 0 Å². The van der Waals surface area contributed by atoms with Crippen LogP contribution in [0.25, 0.3) is 0 Å². The summed E-state index contributed by atoms with van der Waals surface area (Å²) in [5.74, 6) is 0.503. The molecular weight excluding hydrogens is 106 g/mol. The minimum absolute atomic E-state index is 0.503. The summed E-state index contributed by atoms with van der Waals surface area (Å²) in [7, 11) is 1.56. The second-order valence-corrected chi connectivity index (χ2v) is 2.19. The summed E-state index contributed by atoms with van der Waals surface area (Å²) in [5.41, 5.74) is 0. The van der Waals surface area contributed by atoms with Gasteiger partial charge in [-0.05, 0) is 5.92 Å². The van der Waals surface area contributed by atoms with E-state index in [0.29, 0.717) is 12.5 Å². The third-order valence-corrected chi connectivity index (χ3v) is 0.602. The van der Waals surface area contributed by atoms with Crippen molar-refractivity contribution in [2.45, 2.75) is 13.8 Å². The molecule has 0 aromatic heterocycles. The molecule has 0 saturated carbocycles. The topological polar surface area (TPSA) is 35.4 Å². The van der Waals surface area contributed by atoms with Gasteiger partial charge in [0, 0.05) is 0 Å². The first-order valence-corrected chi connectivity index (χ1v) is 2.71. The third-order valence-electron chi connectivity index (χ3n) is 0.602. The van der Waals surface area contributed by atoms with Crippen molar-refractivity contribution in [3.63, 3.8) is 0 Å². The van der Waals surface area contributed by atoms with Crippen LogP contribution in [0.1, 0.15) is 13.8 Å². The maximum absolute atomic E-state index is 6.78. The molecule has 50 valence electrons. The van der Waals surface area contributed by atoms with Gasteiger partial charge in [0.25, 0.3) is 0 Å². The maximum atomic E-state index is 6.78. The smallest absolute Gasteiger partial charge is 0.0862 e. The van der Waals surface area contributed by atoms with Gasteiger partial charge in [0.05, 0.1) is 18.9 Å². The van der Waals surface area contributed by atoms with E-state index in [0.717, 1.165) is 5.23 Å². The fourth-order valence-electron chi connectivity index (χ4n) is 0.261. The van der Waals surface area contributed by atoms with Gasteiger partial charge in [-0.2, -0.15) is 0 Å². The molecule has 0 rings (SSSR count). The molecule has 0 unspecified atom stereocenters. The Hall–Kier alpha value is -0.120. The van der Waals surface area contributed by atoms with Crippen LogP contribution in [0.15, 0.2) is 0 Å². The van der Waals surface area contributed by atoms with Crippen LogP contribution >= 0.6 is 0 Å². The van der Waals surface area contributed by atoms with Crippen molar-refractivity contribution in [1.82, 2.24) is 5.23 Å². The van der Waals surface area contributed by atoms with Crippen LogP contribution < -0.4 is 0 Å². The number of nitrogens with zero attached hydrogens (tertiary/aromatic N) is 1. The Kier molecular flexibility index (Phi) is 3.77. The average molecular weight is 120 g/mol. The molecule has 0 saturated heterocycles. The van der Waals surface area contributed by atoms with Crippen LogP contribution in [0.4, 0.5) is 0 Å². The van der Waals surface area contributed by atoms with Gasteiger partial charge in [-0.3, -0.25) is 0 Å². The fraction of sp³-hybridized carbons (Fsp3) is 1.00. The average Bonchev–Trinajstić information content (AvgIpc) is 1.61. The van der Waals surface area contributed by atoms with Crippen LogP contribution in [0.5, 0.6) is 0 Å². The van der Waals surface area contributed by atoms with E-state index in [-0.39, 0.29) is 0 Å². The summed E-state index contributed by atoms with van der Waals surface area (Å²) in [4.78, 5) is 4.80. The fourth-order valence-corrected chi connectivity index (χ4v) is 0.261. The van der Waals surface area contributed by atoms with Crippen LogP contribution in [-0.2, 0) is 4.84 Å². The second-order valence-electron chi connectivity index (χ2n) is 2.19. The summed E-state index contributed by atoms with van der Waals surface area (Å²) in [6, 6.07) is 0. The second kappa shape index (κ2) is 3.83. The highest BCUT2D eigenvalue weighted by atomic mass is 16.9. The third kappa shape index (κ3) is 5.88. The lowest BCUT2D eigenvalue weighted by molar-refractivity contribution is -0.327. The van der Waals surface area contributed by atoms with Gasteiger partial charge in [-0.25, -0.2) is 4.84 Å². The molecule has 0 radical (unpaired) electrons. The minimum atomic E-state index is 0.503. The number of hydrogen-bond donors (Lipinski definition) is 0. The predicted octanol–water partition coefficient (Wildman–Crippen LogP) is 0.145. The molecule has 3 nitrogen and oxygen atoms in total. The highest BCUT2D eigenvalue weighted by Crippen LogP contribution is 1.91. The molecule has 0 aliphatic heterocycles. The first kappa shape index (κ1) is 7.88. The Morgan fingerprint density at radius 3 is 2.25 bits per heavy atom. The minimum Gasteiger partial charge on any atom is -0.316 e. The van der Waals surface area contributed by atoms with Gasteiger partial charge in [-0.15, -0.1) is 0 Å². The lowest BCUT2D eigenvalue weighted by atomic mass is 10.2. The van der Waals surface area contributed by atoms with Crippen LogP contribution in [0, 0.1) is 5.92 Å². The first-order valence-electron chi connectivity index (χ1n) is 2.71. The summed E-state index contributed by atoms with van der Waals surface area (Å²) in [5, 5.41) is 7.75. The van der Waals surface area contributed by atoms with E-state index in [1.807, 2.05) is 13.8 Å². The molecule has 0 aliphatic rings. The predicted molar refractivity (Wildman–Crippen MR) is 32.2 cm³/mol. The number of hydrogen-bond acceptors (Lipinski definition) is 2. The molecule has 2 N–H and O–H groups in total. The van der Waals surface area contributed by atoms with Gasteiger partial charge >= 0.3 is 0 Å². The Labute approximate surface area is 49.8 Å². The van der Waals surface area contributed by atoms with Crippen LogP contribution in [-0.4, -0.2) is 24.1 Å². The number of hydroxylamine groups is 2. The van der Waals surface area contributed by atoms with Gasteiger partial charge in [-0.1, -0.05) is 13.8 Å². The van der Waals surface area contributed by atoms with Crippen molar-refractivity contribution >= 4 is 0 Å². The standard InChI is InChI=1S/C5H13NO2/c1-5(2)4-8-6(3)7/h5,7H,4H2,1-3H3/p+1. The molecule has 0 atom stereocenters. The Balaban J connectivity index is 2.93. The Morgan fingerprint density at radius 1 is 1.62 bits per heavy atom. The summed E-state index contributed by atoms with van der Waals surface area (Å²) in [6.07, 6.45) is 0. The molecule has 0 aliphatic carbocycles. The molecule has 3 heteroatoms.